The van der Waals surface area contributed by atoms with Crippen molar-refractivity contribution in [2.75, 3.05) is 19.6 Å². The molecule has 1 aliphatic heterocycles. The van der Waals surface area contributed by atoms with Crippen molar-refractivity contribution in [2.24, 2.45) is 17.6 Å². The minimum atomic E-state index is -0.0352. The number of likely N-dealkylation sites (tertiary alicyclic amines) is 1. The van der Waals surface area contributed by atoms with Crippen LogP contribution in [-0.4, -0.2) is 30.4 Å². The second-order valence-electron chi connectivity index (χ2n) is 5.14. The molecule has 0 aliphatic carbocycles. The summed E-state index contributed by atoms with van der Waals surface area (Å²) in [6.45, 7) is 4.26. The number of hydrogen-bond donors (Lipinski definition) is 1. The van der Waals surface area contributed by atoms with Gasteiger partial charge in [0.2, 0.25) is 0 Å². The monoisotopic (exact) mass is 300 g/mol. The molecule has 0 aromatic heterocycles. The highest BCUT2D eigenvalue weighted by molar-refractivity contribution is 6.36. The lowest BCUT2D eigenvalue weighted by Gasteiger charge is -2.36. The van der Waals surface area contributed by atoms with Gasteiger partial charge < -0.3 is 10.6 Å². The lowest BCUT2D eigenvalue weighted by molar-refractivity contribution is 0.0618. The molecule has 1 fully saturated rings. The number of amides is 1. The van der Waals surface area contributed by atoms with Gasteiger partial charge in [-0.3, -0.25) is 4.79 Å². The number of halogens is 2. The number of piperidine rings is 1. The summed E-state index contributed by atoms with van der Waals surface area (Å²) < 4.78 is 0. The average Bonchev–Trinajstić information content (AvgIpc) is 2.38. The summed E-state index contributed by atoms with van der Waals surface area (Å²) in [6, 6.07) is 4.97. The molecule has 1 saturated heterocycles. The zero-order chi connectivity index (χ0) is 14.0. The van der Waals surface area contributed by atoms with Gasteiger partial charge in [-0.25, -0.2) is 0 Å². The number of nitrogens with zero attached hydrogens (tertiary/aromatic N) is 1. The van der Waals surface area contributed by atoms with E-state index in [-0.39, 0.29) is 5.91 Å². The van der Waals surface area contributed by atoms with Crippen molar-refractivity contribution in [3.05, 3.63) is 33.8 Å². The van der Waals surface area contributed by atoms with Gasteiger partial charge in [0.1, 0.15) is 0 Å². The molecule has 2 N–H and O–H groups in total. The second-order valence-corrected chi connectivity index (χ2v) is 5.98. The van der Waals surface area contributed by atoms with E-state index in [0.29, 0.717) is 40.5 Å². The van der Waals surface area contributed by atoms with E-state index in [4.69, 9.17) is 28.9 Å². The third-order valence-electron chi connectivity index (χ3n) is 3.87. The van der Waals surface area contributed by atoms with Crippen LogP contribution in [0.4, 0.5) is 0 Å². The third-order valence-corrected chi connectivity index (χ3v) is 4.41. The fourth-order valence-corrected chi connectivity index (χ4v) is 2.96. The van der Waals surface area contributed by atoms with Crippen LogP contribution in [0.2, 0.25) is 10.0 Å². The van der Waals surface area contributed by atoms with Gasteiger partial charge in [-0.2, -0.15) is 0 Å². The molecule has 1 aromatic rings. The number of nitrogens with two attached hydrogens (primary N) is 1. The summed E-state index contributed by atoms with van der Waals surface area (Å²) in [5.74, 6) is 0.894. The zero-order valence-corrected chi connectivity index (χ0v) is 12.4. The minimum absolute atomic E-state index is 0.0352. The van der Waals surface area contributed by atoms with E-state index in [1.54, 1.807) is 18.2 Å². The van der Waals surface area contributed by atoms with Crippen molar-refractivity contribution in [3.63, 3.8) is 0 Å². The van der Waals surface area contributed by atoms with Gasteiger partial charge in [0.05, 0.1) is 10.6 Å². The Balaban J connectivity index is 2.15. The average molecular weight is 301 g/mol. The molecule has 1 amide bonds. The van der Waals surface area contributed by atoms with Gasteiger partial charge in [0, 0.05) is 18.1 Å². The molecule has 0 bridgehead atoms. The van der Waals surface area contributed by atoms with E-state index < -0.39 is 0 Å². The van der Waals surface area contributed by atoms with Crippen molar-refractivity contribution >= 4 is 29.1 Å². The fourth-order valence-electron chi connectivity index (χ4n) is 2.47. The van der Waals surface area contributed by atoms with Gasteiger partial charge >= 0.3 is 0 Å². The first-order valence-electron chi connectivity index (χ1n) is 6.47. The molecule has 2 atom stereocenters. The van der Waals surface area contributed by atoms with Crippen molar-refractivity contribution < 1.29 is 4.79 Å². The van der Waals surface area contributed by atoms with Crippen LogP contribution in [0, 0.1) is 11.8 Å². The Labute approximate surface area is 123 Å². The van der Waals surface area contributed by atoms with E-state index in [2.05, 4.69) is 6.92 Å². The summed E-state index contributed by atoms with van der Waals surface area (Å²) in [6.07, 6.45) is 0.985. The molecule has 2 rings (SSSR count). The molecule has 0 radical (unpaired) electrons. The largest absolute Gasteiger partial charge is 0.338 e. The number of benzene rings is 1. The molecule has 1 aliphatic rings. The third kappa shape index (κ3) is 3.22. The summed E-state index contributed by atoms with van der Waals surface area (Å²) in [5.41, 5.74) is 6.27. The predicted molar refractivity (Wildman–Crippen MR) is 78.7 cm³/mol. The summed E-state index contributed by atoms with van der Waals surface area (Å²) in [7, 11) is 0. The molecular formula is C14H18Cl2N2O. The molecule has 2 unspecified atom stereocenters. The fraction of sp³-hybridized carbons (Fsp3) is 0.500. The second kappa shape index (κ2) is 6.12. The van der Waals surface area contributed by atoms with Crippen LogP contribution in [0.25, 0.3) is 0 Å². The highest BCUT2D eigenvalue weighted by Gasteiger charge is 2.29. The molecule has 0 saturated carbocycles. The number of rotatable bonds is 2. The van der Waals surface area contributed by atoms with E-state index in [9.17, 15) is 4.79 Å². The summed E-state index contributed by atoms with van der Waals surface area (Å²) in [5, 5.41) is 0.939. The standard InChI is InChI=1S/C14H18Cl2N2O/c1-9-4-5-18(8-10(9)7-17)14(19)12-3-2-11(15)6-13(12)16/h2-3,6,9-10H,4-5,7-8,17H2,1H3. The van der Waals surface area contributed by atoms with Crippen LogP contribution in [0.1, 0.15) is 23.7 Å². The Bertz CT molecular complexity index is 479. The Morgan fingerprint density at radius 3 is 2.84 bits per heavy atom. The van der Waals surface area contributed by atoms with Crippen molar-refractivity contribution in [3.8, 4) is 0 Å². The Morgan fingerprint density at radius 2 is 2.21 bits per heavy atom. The van der Waals surface area contributed by atoms with E-state index in [1.165, 1.54) is 0 Å². The summed E-state index contributed by atoms with van der Waals surface area (Å²) >= 11 is 11.9. The van der Waals surface area contributed by atoms with Gasteiger partial charge in [0.25, 0.3) is 5.91 Å². The molecular weight excluding hydrogens is 283 g/mol. The van der Waals surface area contributed by atoms with Gasteiger partial charge in [0.15, 0.2) is 0 Å². The van der Waals surface area contributed by atoms with E-state index in [0.717, 1.165) is 13.0 Å². The highest BCUT2D eigenvalue weighted by Crippen LogP contribution is 2.26. The maximum atomic E-state index is 12.5. The lowest BCUT2D eigenvalue weighted by Crippen LogP contribution is -2.45. The lowest BCUT2D eigenvalue weighted by atomic mass is 9.87. The Morgan fingerprint density at radius 1 is 1.47 bits per heavy atom. The molecule has 0 spiro atoms. The topological polar surface area (TPSA) is 46.3 Å². The predicted octanol–water partition coefficient (Wildman–Crippen LogP) is 3.05. The maximum absolute atomic E-state index is 12.5. The zero-order valence-electron chi connectivity index (χ0n) is 10.9. The normalized spacial score (nSPS) is 23.5. The van der Waals surface area contributed by atoms with Gasteiger partial charge in [-0.05, 0) is 43.0 Å². The van der Waals surface area contributed by atoms with Crippen molar-refractivity contribution in [2.45, 2.75) is 13.3 Å². The molecule has 104 valence electrons. The van der Waals surface area contributed by atoms with E-state index in [1.807, 2.05) is 4.90 Å². The molecule has 5 heteroatoms. The van der Waals surface area contributed by atoms with Crippen molar-refractivity contribution in [1.82, 2.24) is 4.90 Å². The van der Waals surface area contributed by atoms with Crippen LogP contribution in [-0.2, 0) is 0 Å². The van der Waals surface area contributed by atoms with Crippen LogP contribution in [0.5, 0.6) is 0 Å². The first kappa shape index (κ1) is 14.6. The summed E-state index contributed by atoms with van der Waals surface area (Å²) in [4.78, 5) is 14.3. The van der Waals surface area contributed by atoms with Crippen molar-refractivity contribution in [1.29, 1.82) is 0 Å². The molecule has 1 heterocycles. The molecule has 1 aromatic carbocycles. The van der Waals surface area contributed by atoms with Crippen LogP contribution >= 0.6 is 23.2 Å². The SMILES string of the molecule is CC1CCN(C(=O)c2ccc(Cl)cc2Cl)CC1CN. The molecule has 19 heavy (non-hydrogen) atoms. The molecule has 3 nitrogen and oxygen atoms in total. The van der Waals surface area contributed by atoms with Crippen LogP contribution in [0.3, 0.4) is 0 Å². The maximum Gasteiger partial charge on any atom is 0.255 e. The number of hydrogen-bond acceptors (Lipinski definition) is 2. The number of carbonyl (C=O) groups is 1. The van der Waals surface area contributed by atoms with E-state index >= 15 is 0 Å². The quantitative estimate of drug-likeness (QED) is 0.912. The van der Waals surface area contributed by atoms with Gasteiger partial charge in [-0.1, -0.05) is 30.1 Å². The van der Waals surface area contributed by atoms with Crippen LogP contribution in [0.15, 0.2) is 18.2 Å². The number of carbonyl (C=O) groups excluding carboxylic acids is 1. The smallest absolute Gasteiger partial charge is 0.255 e. The Kier molecular flexibility index (Phi) is 4.71. The Hall–Kier alpha value is -0.770. The highest BCUT2D eigenvalue weighted by atomic mass is 35.5. The minimum Gasteiger partial charge on any atom is -0.338 e. The first-order valence-corrected chi connectivity index (χ1v) is 7.23. The first-order chi connectivity index (χ1) is 9.02. The van der Waals surface area contributed by atoms with Crippen LogP contribution < -0.4 is 5.73 Å². The van der Waals surface area contributed by atoms with Gasteiger partial charge in [-0.15, -0.1) is 0 Å².